The van der Waals surface area contributed by atoms with Crippen molar-refractivity contribution < 1.29 is 23.0 Å². The molecule has 1 aromatic heterocycles. The summed E-state index contributed by atoms with van der Waals surface area (Å²) in [7, 11) is 0. The van der Waals surface area contributed by atoms with Crippen molar-refractivity contribution in [2.24, 2.45) is 11.8 Å². The number of fused-ring (bicyclic) bond motifs is 3. The Labute approximate surface area is 260 Å². The van der Waals surface area contributed by atoms with E-state index in [4.69, 9.17) is 16.1 Å². The van der Waals surface area contributed by atoms with Crippen LogP contribution in [0.3, 0.4) is 0 Å². The van der Waals surface area contributed by atoms with E-state index in [1.54, 1.807) is 12.1 Å². The van der Waals surface area contributed by atoms with Crippen molar-refractivity contribution in [3.05, 3.63) is 53.6 Å². The van der Waals surface area contributed by atoms with Crippen LogP contribution >= 0.6 is 0 Å². The number of hydrogen-bond donors (Lipinski definition) is 3. The summed E-state index contributed by atoms with van der Waals surface area (Å²) in [5.74, 6) is 2.05. The Morgan fingerprint density at radius 3 is 2.76 bits per heavy atom. The third kappa shape index (κ3) is 5.75. The number of phenolic OH excluding ortho intramolecular Hbond substituents is 1. The molecule has 45 heavy (non-hydrogen) atoms. The molecule has 2 unspecified atom stereocenters. The molecule has 3 aliphatic heterocycles. The van der Waals surface area contributed by atoms with Gasteiger partial charge in [-0.05, 0) is 92.2 Å². The fraction of sp³-hybridized carbons (Fsp3) is 0.429. The van der Waals surface area contributed by atoms with Gasteiger partial charge in [0, 0.05) is 42.0 Å². The summed E-state index contributed by atoms with van der Waals surface area (Å²) in [5.41, 5.74) is 0.413. The summed E-state index contributed by atoms with van der Waals surface area (Å²) < 4.78 is 52.1. The zero-order valence-corrected chi connectivity index (χ0v) is 25.0. The average molecular weight is 616 g/mol. The molecule has 0 aliphatic carbocycles. The number of aromatic nitrogens is 2. The molecule has 0 saturated carbocycles. The molecule has 3 fully saturated rings. The number of alkyl halides is 1. The van der Waals surface area contributed by atoms with E-state index < -0.39 is 17.8 Å². The molecule has 0 spiro atoms. The van der Waals surface area contributed by atoms with Crippen molar-refractivity contribution in [3.8, 4) is 35.2 Å². The first-order chi connectivity index (χ1) is 21.9. The van der Waals surface area contributed by atoms with E-state index in [-0.39, 0.29) is 46.5 Å². The Bertz CT molecular complexity index is 1780. The lowest BCUT2D eigenvalue weighted by atomic mass is 9.93. The Kier molecular flexibility index (Phi) is 8.15. The highest BCUT2D eigenvalue weighted by Gasteiger charge is 2.36. The fourth-order valence-corrected chi connectivity index (χ4v) is 7.32. The topological polar surface area (TPSA) is 82.5 Å². The van der Waals surface area contributed by atoms with Crippen LogP contribution in [0, 0.1) is 35.8 Å². The molecular weight excluding hydrogens is 579 g/mol. The van der Waals surface area contributed by atoms with Crippen LogP contribution in [-0.4, -0.2) is 66.6 Å². The minimum absolute atomic E-state index is 0.0119. The quantitative estimate of drug-likeness (QED) is 0.248. The lowest BCUT2D eigenvalue weighted by Gasteiger charge is -2.24. The maximum Gasteiger partial charge on any atom is 0.319 e. The van der Waals surface area contributed by atoms with Crippen molar-refractivity contribution in [2.45, 2.75) is 44.3 Å². The van der Waals surface area contributed by atoms with Crippen LogP contribution in [-0.2, 0) is 0 Å². The van der Waals surface area contributed by atoms with E-state index in [2.05, 4.69) is 26.4 Å². The van der Waals surface area contributed by atoms with Gasteiger partial charge in [0.1, 0.15) is 29.1 Å². The smallest absolute Gasteiger partial charge is 0.319 e. The molecule has 7 nitrogen and oxygen atoms in total. The Morgan fingerprint density at radius 1 is 1.04 bits per heavy atom. The third-order valence-electron chi connectivity index (χ3n) is 9.52. The van der Waals surface area contributed by atoms with Gasteiger partial charge in [-0.25, -0.2) is 13.2 Å². The normalized spacial score (nSPS) is 23.8. The van der Waals surface area contributed by atoms with E-state index in [0.29, 0.717) is 46.9 Å². The van der Waals surface area contributed by atoms with E-state index >= 15 is 4.39 Å². The number of aromatic hydroxyl groups is 1. The van der Waals surface area contributed by atoms with Crippen molar-refractivity contribution in [2.75, 3.05) is 44.2 Å². The van der Waals surface area contributed by atoms with Crippen LogP contribution in [0.5, 0.6) is 11.8 Å². The summed E-state index contributed by atoms with van der Waals surface area (Å²) >= 11 is 0. The number of piperidine rings is 1. The van der Waals surface area contributed by atoms with Gasteiger partial charge in [-0.2, -0.15) is 9.97 Å². The maximum atomic E-state index is 16.8. The zero-order valence-electron chi connectivity index (χ0n) is 25.0. The number of phenols is 1. The minimum atomic E-state index is -0.970. The average Bonchev–Trinajstić information content (AvgIpc) is 3.46. The largest absolute Gasteiger partial charge is 0.508 e. The van der Waals surface area contributed by atoms with Crippen LogP contribution in [0.2, 0.25) is 0 Å². The second-order valence-electron chi connectivity index (χ2n) is 12.5. The van der Waals surface area contributed by atoms with Crippen LogP contribution in [0.25, 0.3) is 32.8 Å². The van der Waals surface area contributed by atoms with Gasteiger partial charge in [-0.3, -0.25) is 0 Å². The molecule has 0 amide bonds. The van der Waals surface area contributed by atoms with E-state index in [9.17, 15) is 13.9 Å². The minimum Gasteiger partial charge on any atom is -0.508 e. The summed E-state index contributed by atoms with van der Waals surface area (Å²) in [5, 5.41) is 18.6. The monoisotopic (exact) mass is 615 g/mol. The van der Waals surface area contributed by atoms with Gasteiger partial charge >= 0.3 is 6.01 Å². The molecule has 3 aromatic carbocycles. The molecule has 4 aromatic rings. The number of nitrogens with zero attached hydrogens (tertiary/aromatic N) is 3. The van der Waals surface area contributed by atoms with Gasteiger partial charge < -0.3 is 25.4 Å². The van der Waals surface area contributed by atoms with Crippen LogP contribution in [0.4, 0.5) is 19.0 Å². The van der Waals surface area contributed by atoms with Crippen molar-refractivity contribution in [3.63, 3.8) is 0 Å². The number of halogens is 3. The summed E-state index contributed by atoms with van der Waals surface area (Å²) in [6.45, 7) is 3.76. The number of hydrogen-bond acceptors (Lipinski definition) is 7. The van der Waals surface area contributed by atoms with Gasteiger partial charge in [0.2, 0.25) is 0 Å². The number of benzene rings is 3. The standard InChI is InChI=1S/C35H36F3N5O2/c1-2-25-29(37)10-7-21-14-24(44)15-28(31(21)25)26-8-9-27-33(32(26)38)41-35(45-19-20-5-3-11-39-16-23(36)13-20)42-34(27)43-17-22-6-4-12-40-30(22)18-43/h1,7-10,14-15,20,22-23,30,39-40,44H,3-6,11-13,16-19H2/t20-,22?,23-,30?/m1/s1. The molecule has 3 aliphatic rings. The molecule has 0 bridgehead atoms. The van der Waals surface area contributed by atoms with Gasteiger partial charge in [-0.1, -0.05) is 18.1 Å². The molecule has 4 heterocycles. The lowest BCUT2D eigenvalue weighted by molar-refractivity contribution is 0.166. The third-order valence-corrected chi connectivity index (χ3v) is 9.52. The van der Waals surface area contributed by atoms with Gasteiger partial charge in [-0.15, -0.1) is 6.42 Å². The first-order valence-electron chi connectivity index (χ1n) is 15.8. The maximum absolute atomic E-state index is 16.8. The molecule has 234 valence electrons. The van der Waals surface area contributed by atoms with E-state index in [1.165, 1.54) is 24.3 Å². The summed E-state index contributed by atoms with van der Waals surface area (Å²) in [4.78, 5) is 11.5. The second-order valence-corrected chi connectivity index (χ2v) is 12.5. The predicted octanol–water partition coefficient (Wildman–Crippen LogP) is 5.71. The van der Waals surface area contributed by atoms with E-state index in [1.807, 2.05) is 0 Å². The Hall–Kier alpha value is -4.07. The fourth-order valence-electron chi connectivity index (χ4n) is 7.32. The van der Waals surface area contributed by atoms with Crippen LogP contribution < -0.4 is 20.3 Å². The highest BCUT2D eigenvalue weighted by molar-refractivity contribution is 6.04. The lowest BCUT2D eigenvalue weighted by Crippen LogP contribution is -2.40. The zero-order chi connectivity index (χ0) is 31.1. The van der Waals surface area contributed by atoms with Gasteiger partial charge in [0.15, 0.2) is 5.82 Å². The first-order valence-corrected chi connectivity index (χ1v) is 15.8. The molecule has 7 rings (SSSR count). The number of rotatable bonds is 5. The summed E-state index contributed by atoms with van der Waals surface area (Å²) in [6, 6.07) is 9.33. The number of terminal acetylenes is 1. The second kappa shape index (κ2) is 12.4. The highest BCUT2D eigenvalue weighted by Crippen LogP contribution is 2.41. The van der Waals surface area contributed by atoms with E-state index in [0.717, 1.165) is 51.9 Å². The first kappa shape index (κ1) is 29.6. The molecular formula is C35H36F3N5O2. The van der Waals surface area contributed by atoms with Crippen molar-refractivity contribution in [1.82, 2.24) is 20.6 Å². The van der Waals surface area contributed by atoms with Crippen LogP contribution in [0.15, 0.2) is 36.4 Å². The number of anilines is 1. The Balaban J connectivity index is 1.34. The Morgan fingerprint density at radius 2 is 1.91 bits per heavy atom. The predicted molar refractivity (Wildman–Crippen MR) is 169 cm³/mol. The molecule has 4 atom stereocenters. The van der Waals surface area contributed by atoms with Gasteiger partial charge in [0.25, 0.3) is 0 Å². The SMILES string of the molecule is C#Cc1c(F)ccc2cc(O)cc(-c3ccc4c(N5CC6CCCNC6C5)nc(OC[C@@H]5CCCNC[C@H](F)C5)nc4c3F)c12. The molecule has 3 saturated heterocycles. The molecule has 10 heteroatoms. The van der Waals surface area contributed by atoms with Crippen molar-refractivity contribution >= 4 is 27.5 Å². The number of nitrogens with one attached hydrogen (secondary N) is 2. The summed E-state index contributed by atoms with van der Waals surface area (Å²) in [6.07, 6.45) is 9.01. The number of ether oxygens (including phenoxy) is 1. The molecule has 0 radical (unpaired) electrons. The van der Waals surface area contributed by atoms with Gasteiger partial charge in [0.05, 0.1) is 12.2 Å². The van der Waals surface area contributed by atoms with Crippen LogP contribution in [0.1, 0.15) is 37.7 Å². The highest BCUT2D eigenvalue weighted by atomic mass is 19.1. The van der Waals surface area contributed by atoms with Crippen molar-refractivity contribution in [1.29, 1.82) is 0 Å². The molecule has 3 N–H and O–H groups in total.